The van der Waals surface area contributed by atoms with Gasteiger partial charge >= 0.3 is 0 Å². The molecular formula is C21H35N5O4. The number of carboxylic acid groups (broad SMARTS) is 1. The number of aliphatic hydroxyl groups is 1. The molecule has 1 aromatic heterocycles. The second-order valence-electron chi connectivity index (χ2n) is 8.82. The van der Waals surface area contributed by atoms with Gasteiger partial charge in [-0.05, 0) is 44.7 Å². The summed E-state index contributed by atoms with van der Waals surface area (Å²) in [6.07, 6.45) is 3.90. The molecule has 2 aliphatic heterocycles. The van der Waals surface area contributed by atoms with E-state index in [-0.39, 0.29) is 24.5 Å². The molecular weight excluding hydrogens is 386 g/mol. The number of fused-ring (bicyclic) bond motifs is 1. The van der Waals surface area contributed by atoms with Crippen molar-refractivity contribution in [1.29, 1.82) is 0 Å². The molecule has 9 nitrogen and oxygen atoms in total. The van der Waals surface area contributed by atoms with E-state index in [1.54, 1.807) is 6.20 Å². The van der Waals surface area contributed by atoms with Gasteiger partial charge in [-0.15, -0.1) is 0 Å². The smallest absolute Gasteiger partial charge is 0.290 e. The van der Waals surface area contributed by atoms with Crippen LogP contribution in [0.15, 0.2) is 12.3 Å². The average Bonchev–Trinajstić information content (AvgIpc) is 3.32. The van der Waals surface area contributed by atoms with Crippen molar-refractivity contribution < 1.29 is 19.8 Å². The number of amides is 1. The fourth-order valence-electron chi connectivity index (χ4n) is 5.15. The monoisotopic (exact) mass is 421 g/mol. The minimum Gasteiger partial charge on any atom is -0.483 e. The second-order valence-corrected chi connectivity index (χ2v) is 8.82. The van der Waals surface area contributed by atoms with Crippen LogP contribution in [-0.2, 0) is 16.1 Å². The number of aryl methyl sites for hydroxylation is 2. The molecule has 4 atom stereocenters. The molecule has 1 aliphatic carbocycles. The van der Waals surface area contributed by atoms with Crippen LogP contribution in [0.3, 0.4) is 0 Å². The summed E-state index contributed by atoms with van der Waals surface area (Å²) in [5.74, 6) is 1.22. The lowest BCUT2D eigenvalue weighted by atomic mass is 9.77. The summed E-state index contributed by atoms with van der Waals surface area (Å²) in [5, 5.41) is 21.9. The number of aliphatic hydroxyl groups excluding tert-OH is 1. The summed E-state index contributed by atoms with van der Waals surface area (Å²) < 4.78 is 1.90. The van der Waals surface area contributed by atoms with E-state index in [1.807, 2.05) is 22.6 Å². The Morgan fingerprint density at radius 3 is 2.43 bits per heavy atom. The molecule has 4 rings (SSSR count). The molecule has 1 aromatic rings. The van der Waals surface area contributed by atoms with E-state index in [1.165, 1.54) is 0 Å². The molecule has 1 saturated carbocycles. The number of carbonyl (C=O) groups excluding carboxylic acids is 1. The molecule has 0 bridgehead atoms. The van der Waals surface area contributed by atoms with Crippen molar-refractivity contribution in [3.8, 4) is 0 Å². The third-order valence-electron chi connectivity index (χ3n) is 6.94. The summed E-state index contributed by atoms with van der Waals surface area (Å²) in [6, 6.07) is 2.23. The predicted octanol–water partition coefficient (Wildman–Crippen LogP) is 0.128. The minimum absolute atomic E-state index is 0.227. The lowest BCUT2D eigenvalue weighted by Crippen LogP contribution is -2.55. The third kappa shape index (κ3) is 5.39. The number of likely N-dealkylation sites (tertiary alicyclic amines) is 1. The standard InChI is InChI=1S/C20H33N5O2.CH2O2/c1-15-3-5-21-25(15)6-4-20(27)24-13-16-11-18(19(26)12-17(16)14-24)23-9-7-22(2)8-10-23;2-1-3/h3,5,16-19,26H,4,6-14H2,1-2H3;1H,(H,2,3)/t16-,17+,18-,19-;/m1./s1. The Balaban J connectivity index is 0.000000806. The minimum atomic E-state index is -0.253. The average molecular weight is 422 g/mol. The zero-order valence-electron chi connectivity index (χ0n) is 18.1. The Bertz CT molecular complexity index is 703. The van der Waals surface area contributed by atoms with E-state index in [2.05, 4.69) is 21.9 Å². The SMILES string of the molecule is Cc1ccnn1CCC(=O)N1C[C@H]2C[C@@H](N3CCN(C)CC3)[C@H](O)C[C@H]2C1.O=CO. The van der Waals surface area contributed by atoms with Gasteiger partial charge in [-0.2, -0.15) is 5.10 Å². The van der Waals surface area contributed by atoms with Gasteiger partial charge in [-0.1, -0.05) is 0 Å². The molecule has 1 amide bonds. The highest BCUT2D eigenvalue weighted by Gasteiger charge is 2.44. The van der Waals surface area contributed by atoms with Gasteiger partial charge < -0.3 is 20.0 Å². The van der Waals surface area contributed by atoms with Crippen LogP contribution >= 0.6 is 0 Å². The van der Waals surface area contributed by atoms with Crippen molar-refractivity contribution in [2.75, 3.05) is 46.3 Å². The maximum atomic E-state index is 12.7. The van der Waals surface area contributed by atoms with Gasteiger partial charge in [0, 0.05) is 70.2 Å². The molecule has 0 spiro atoms. The number of piperazine rings is 1. The molecule has 0 aromatic carbocycles. The molecule has 0 radical (unpaired) electrons. The Hall–Kier alpha value is -1.97. The molecule has 9 heteroatoms. The Labute approximate surface area is 178 Å². The van der Waals surface area contributed by atoms with Crippen LogP contribution in [0.4, 0.5) is 0 Å². The molecule has 3 aliphatic rings. The molecule has 3 fully saturated rings. The number of hydrogen-bond acceptors (Lipinski definition) is 6. The van der Waals surface area contributed by atoms with E-state index in [4.69, 9.17) is 9.90 Å². The first kappa shape index (κ1) is 22.7. The predicted molar refractivity (Wildman–Crippen MR) is 112 cm³/mol. The van der Waals surface area contributed by atoms with Crippen LogP contribution in [0.25, 0.3) is 0 Å². The van der Waals surface area contributed by atoms with Crippen molar-refractivity contribution in [2.45, 2.75) is 44.9 Å². The third-order valence-corrected chi connectivity index (χ3v) is 6.94. The molecule has 168 valence electrons. The first-order valence-corrected chi connectivity index (χ1v) is 10.9. The Morgan fingerprint density at radius 2 is 1.83 bits per heavy atom. The van der Waals surface area contributed by atoms with Crippen LogP contribution in [0.5, 0.6) is 0 Å². The topological polar surface area (TPSA) is 102 Å². The van der Waals surface area contributed by atoms with E-state index < -0.39 is 0 Å². The fraction of sp³-hybridized carbons (Fsp3) is 0.762. The van der Waals surface area contributed by atoms with Crippen molar-refractivity contribution >= 4 is 12.4 Å². The van der Waals surface area contributed by atoms with Crippen LogP contribution < -0.4 is 0 Å². The highest BCUT2D eigenvalue weighted by Crippen LogP contribution is 2.38. The van der Waals surface area contributed by atoms with E-state index in [0.29, 0.717) is 24.8 Å². The second kappa shape index (κ2) is 10.4. The van der Waals surface area contributed by atoms with E-state index in [0.717, 1.165) is 57.8 Å². The van der Waals surface area contributed by atoms with Crippen LogP contribution in [0.1, 0.15) is 25.0 Å². The summed E-state index contributed by atoms with van der Waals surface area (Å²) >= 11 is 0. The first-order valence-electron chi connectivity index (χ1n) is 10.9. The van der Waals surface area contributed by atoms with Gasteiger partial charge in [0.1, 0.15) is 0 Å². The lowest BCUT2D eigenvalue weighted by Gasteiger charge is -2.44. The normalized spacial score (nSPS) is 29.8. The maximum Gasteiger partial charge on any atom is 0.290 e. The van der Waals surface area contributed by atoms with E-state index in [9.17, 15) is 9.90 Å². The molecule has 2 N–H and O–H groups in total. The maximum absolute atomic E-state index is 12.7. The largest absolute Gasteiger partial charge is 0.483 e. The van der Waals surface area contributed by atoms with Crippen LogP contribution in [0, 0.1) is 18.8 Å². The van der Waals surface area contributed by atoms with Gasteiger partial charge in [-0.25, -0.2) is 0 Å². The molecule has 2 saturated heterocycles. The van der Waals surface area contributed by atoms with Crippen molar-refractivity contribution in [3.05, 3.63) is 18.0 Å². The highest BCUT2D eigenvalue weighted by atomic mass is 16.3. The summed E-state index contributed by atoms with van der Waals surface area (Å²) in [6.45, 7) is 8.33. The molecule has 30 heavy (non-hydrogen) atoms. The molecule has 0 unspecified atom stereocenters. The van der Waals surface area contributed by atoms with Crippen molar-refractivity contribution in [1.82, 2.24) is 24.5 Å². The van der Waals surface area contributed by atoms with Gasteiger partial charge in [-0.3, -0.25) is 19.2 Å². The lowest BCUT2D eigenvalue weighted by molar-refractivity contribution is -0.130. The number of aromatic nitrogens is 2. The van der Waals surface area contributed by atoms with E-state index >= 15 is 0 Å². The van der Waals surface area contributed by atoms with Gasteiger partial charge in [0.25, 0.3) is 6.47 Å². The number of carbonyl (C=O) groups is 2. The highest BCUT2D eigenvalue weighted by molar-refractivity contribution is 5.76. The fourth-order valence-corrected chi connectivity index (χ4v) is 5.15. The zero-order chi connectivity index (χ0) is 21.7. The van der Waals surface area contributed by atoms with Crippen LogP contribution in [0.2, 0.25) is 0 Å². The number of rotatable bonds is 4. The number of likely N-dealkylation sites (N-methyl/N-ethyl adjacent to an activating group) is 1. The first-order chi connectivity index (χ1) is 14.4. The van der Waals surface area contributed by atoms with Gasteiger partial charge in [0.2, 0.25) is 5.91 Å². The van der Waals surface area contributed by atoms with Gasteiger partial charge in [0.15, 0.2) is 0 Å². The number of hydrogen-bond donors (Lipinski definition) is 2. The van der Waals surface area contributed by atoms with Crippen LogP contribution in [-0.4, -0.2) is 106 Å². The Kier molecular flexibility index (Phi) is 7.85. The summed E-state index contributed by atoms with van der Waals surface area (Å²) in [5.41, 5.74) is 1.09. The number of nitrogens with zero attached hydrogens (tertiary/aromatic N) is 5. The quantitative estimate of drug-likeness (QED) is 0.666. The van der Waals surface area contributed by atoms with Crippen molar-refractivity contribution in [3.63, 3.8) is 0 Å². The summed E-state index contributed by atoms with van der Waals surface area (Å²) in [7, 11) is 2.16. The summed E-state index contributed by atoms with van der Waals surface area (Å²) in [4.78, 5) is 27.9. The van der Waals surface area contributed by atoms with Gasteiger partial charge in [0.05, 0.1) is 6.10 Å². The molecule has 3 heterocycles. The Morgan fingerprint density at radius 1 is 1.20 bits per heavy atom. The zero-order valence-corrected chi connectivity index (χ0v) is 18.1. The van der Waals surface area contributed by atoms with Crippen molar-refractivity contribution in [2.24, 2.45) is 11.8 Å².